The number of alkyl halides is 3. The number of carbonyl (C=O) groups is 5. The number of benzene rings is 3. The fraction of sp³-hybridized carbons (Fsp3) is 0.281. The smallest absolute Gasteiger partial charge is 0.465 e. The Balaban J connectivity index is 1.64. The highest BCUT2D eigenvalue weighted by Crippen LogP contribution is 2.34. The van der Waals surface area contributed by atoms with Gasteiger partial charge < -0.3 is 26.0 Å². The van der Waals surface area contributed by atoms with Crippen molar-refractivity contribution in [2.45, 2.75) is 54.7 Å². The largest absolute Gasteiger partial charge is 0.501 e. The molecular formula is C32H28Cl2F4N4O8S. The Morgan fingerprint density at radius 3 is 2.29 bits per heavy atom. The first kappa shape index (κ1) is 39.1. The topological polar surface area (TPSA) is 179 Å². The standard InChI is InChI=1S/C32H28Cl2F4N4O8S/c33-21-8-9-22(28(35)27(21)34)40-29(45)23(12-13-39-31(47)48)41-30(46)24-15-18-6-7-20(51(49,50)32(36,37)38)14-19(18)16-42(24)26(44)11-10-25(43)17-4-2-1-3-5-17/h1-9,14,23-24,39H,10-13,15-16H2,(H,40,45)(H,41,46)(H,47,48)/t23-,24-/m0/s1. The predicted molar refractivity (Wildman–Crippen MR) is 175 cm³/mol. The van der Waals surface area contributed by atoms with Gasteiger partial charge in [0.05, 0.1) is 20.6 Å². The molecule has 0 bridgehead atoms. The van der Waals surface area contributed by atoms with Gasteiger partial charge in [-0.1, -0.05) is 59.6 Å². The zero-order valence-corrected chi connectivity index (χ0v) is 28.4. The Labute approximate surface area is 298 Å². The molecule has 1 heterocycles. The fourth-order valence-electron chi connectivity index (χ4n) is 5.19. The first-order chi connectivity index (χ1) is 23.9. The van der Waals surface area contributed by atoms with E-state index in [9.17, 15) is 50.0 Å². The molecule has 19 heteroatoms. The van der Waals surface area contributed by atoms with E-state index >= 15 is 0 Å². The van der Waals surface area contributed by atoms with Gasteiger partial charge in [0.25, 0.3) is 9.84 Å². The summed E-state index contributed by atoms with van der Waals surface area (Å²) in [4.78, 5) is 64.3. The SMILES string of the molecule is O=C(O)NCC[C@H](NC(=O)[C@@H]1Cc2ccc(S(=O)(=O)C(F)(F)F)cc2CN1C(=O)CCC(=O)c1ccccc1)C(=O)Nc1ccc(Cl)c(Cl)c1F. The van der Waals surface area contributed by atoms with E-state index in [4.69, 9.17) is 28.3 Å². The lowest BCUT2D eigenvalue weighted by molar-refractivity contribution is -0.142. The fourth-order valence-corrected chi connectivity index (χ4v) is 6.32. The number of halogens is 6. The number of carboxylic acid groups (broad SMARTS) is 1. The van der Waals surface area contributed by atoms with Crippen LogP contribution in [0.1, 0.15) is 40.7 Å². The molecule has 0 saturated heterocycles. The van der Waals surface area contributed by atoms with Crippen LogP contribution < -0.4 is 16.0 Å². The zero-order chi connectivity index (χ0) is 37.7. The summed E-state index contributed by atoms with van der Waals surface area (Å²) in [7, 11) is -5.77. The van der Waals surface area contributed by atoms with E-state index in [1.807, 2.05) is 5.32 Å². The predicted octanol–water partition coefficient (Wildman–Crippen LogP) is 5.12. The van der Waals surface area contributed by atoms with E-state index in [2.05, 4.69) is 10.6 Å². The van der Waals surface area contributed by atoms with Crippen molar-refractivity contribution in [3.63, 3.8) is 0 Å². The number of fused-ring (bicyclic) bond motifs is 1. The summed E-state index contributed by atoms with van der Waals surface area (Å²) in [5.41, 5.74) is -5.53. The molecule has 0 fully saturated rings. The third kappa shape index (κ3) is 9.33. The summed E-state index contributed by atoms with van der Waals surface area (Å²) >= 11 is 11.6. The number of nitrogens with zero attached hydrogens (tertiary/aromatic N) is 1. The number of hydrogen-bond acceptors (Lipinski definition) is 7. The molecule has 0 unspecified atom stereocenters. The van der Waals surface area contributed by atoms with Gasteiger partial charge in [0.15, 0.2) is 11.6 Å². The van der Waals surface area contributed by atoms with Crippen LogP contribution in [0.4, 0.5) is 28.0 Å². The monoisotopic (exact) mass is 774 g/mol. The number of anilines is 1. The van der Waals surface area contributed by atoms with Crippen molar-refractivity contribution in [1.29, 1.82) is 0 Å². The van der Waals surface area contributed by atoms with Crippen LogP contribution in [-0.4, -0.2) is 72.2 Å². The van der Waals surface area contributed by atoms with Crippen LogP contribution in [-0.2, 0) is 37.2 Å². The quantitative estimate of drug-likeness (QED) is 0.111. The molecule has 0 spiro atoms. The average Bonchev–Trinajstić information content (AvgIpc) is 3.08. The summed E-state index contributed by atoms with van der Waals surface area (Å²) in [5.74, 6) is -4.29. The molecule has 4 rings (SSSR count). The molecule has 0 saturated carbocycles. The highest BCUT2D eigenvalue weighted by molar-refractivity contribution is 7.92. The van der Waals surface area contributed by atoms with Gasteiger partial charge in [-0.3, -0.25) is 19.2 Å². The molecule has 0 radical (unpaired) electrons. The summed E-state index contributed by atoms with van der Waals surface area (Å²) in [6.07, 6.45) is -2.93. The Kier molecular flexibility index (Phi) is 12.3. The maximum absolute atomic E-state index is 14.7. The molecule has 2 atom stereocenters. The van der Waals surface area contributed by atoms with Gasteiger partial charge in [-0.05, 0) is 41.8 Å². The minimum Gasteiger partial charge on any atom is -0.465 e. The van der Waals surface area contributed by atoms with E-state index in [1.165, 1.54) is 18.2 Å². The van der Waals surface area contributed by atoms with Crippen LogP contribution in [0.25, 0.3) is 0 Å². The van der Waals surface area contributed by atoms with Crippen molar-refractivity contribution >= 4 is 68.3 Å². The maximum Gasteiger partial charge on any atom is 0.501 e. The van der Waals surface area contributed by atoms with Gasteiger partial charge in [-0.25, -0.2) is 17.6 Å². The summed E-state index contributed by atoms with van der Waals surface area (Å²) in [6.45, 7) is -0.912. The van der Waals surface area contributed by atoms with Crippen LogP contribution in [0.5, 0.6) is 0 Å². The van der Waals surface area contributed by atoms with Crippen LogP contribution in [0.2, 0.25) is 10.0 Å². The molecule has 51 heavy (non-hydrogen) atoms. The van der Waals surface area contributed by atoms with Crippen molar-refractivity contribution in [3.8, 4) is 0 Å². The van der Waals surface area contributed by atoms with Crippen molar-refractivity contribution in [2.24, 2.45) is 0 Å². The molecule has 12 nitrogen and oxygen atoms in total. The maximum atomic E-state index is 14.7. The van der Waals surface area contributed by atoms with E-state index in [0.29, 0.717) is 11.6 Å². The number of nitrogens with one attached hydrogen (secondary N) is 3. The Morgan fingerprint density at radius 2 is 1.65 bits per heavy atom. The molecule has 1 aliphatic rings. The van der Waals surface area contributed by atoms with Gasteiger partial charge in [-0.2, -0.15) is 13.2 Å². The number of carbonyl (C=O) groups excluding carboxylic acids is 4. The Hall–Kier alpha value is -4.74. The molecule has 0 aromatic heterocycles. The lowest BCUT2D eigenvalue weighted by Crippen LogP contribution is -2.56. The highest BCUT2D eigenvalue weighted by atomic mass is 35.5. The van der Waals surface area contributed by atoms with Crippen LogP contribution in [0, 0.1) is 5.82 Å². The number of rotatable bonds is 12. The lowest BCUT2D eigenvalue weighted by atomic mass is 9.92. The number of amides is 4. The molecular weight excluding hydrogens is 747 g/mol. The van der Waals surface area contributed by atoms with Crippen molar-refractivity contribution < 1.29 is 55.1 Å². The Morgan fingerprint density at radius 1 is 0.961 bits per heavy atom. The molecule has 3 aromatic rings. The number of hydrogen-bond donors (Lipinski definition) is 4. The zero-order valence-electron chi connectivity index (χ0n) is 26.1. The van der Waals surface area contributed by atoms with E-state index < -0.39 is 91.4 Å². The molecule has 4 N–H and O–H groups in total. The van der Waals surface area contributed by atoms with Gasteiger partial charge in [0.2, 0.25) is 17.7 Å². The van der Waals surface area contributed by atoms with Gasteiger partial charge in [0.1, 0.15) is 12.1 Å². The number of Topliss-reactive ketones (excluding diaryl/α,β-unsaturated/α-hetero) is 1. The average molecular weight is 776 g/mol. The highest BCUT2D eigenvalue weighted by Gasteiger charge is 2.47. The second kappa shape index (κ2) is 16.1. The third-order valence-corrected chi connectivity index (χ3v) is 10.1. The summed E-state index contributed by atoms with van der Waals surface area (Å²) in [5, 5.41) is 15.0. The van der Waals surface area contributed by atoms with Gasteiger partial charge in [0, 0.05) is 37.9 Å². The van der Waals surface area contributed by atoms with E-state index in [0.717, 1.165) is 23.1 Å². The van der Waals surface area contributed by atoms with Crippen molar-refractivity contribution in [3.05, 3.63) is 93.2 Å². The Bertz CT molecular complexity index is 1970. The lowest BCUT2D eigenvalue weighted by Gasteiger charge is -2.37. The molecule has 0 aliphatic carbocycles. The molecule has 272 valence electrons. The number of sulfone groups is 1. The minimum atomic E-state index is -5.77. The van der Waals surface area contributed by atoms with Gasteiger partial charge >= 0.3 is 11.6 Å². The normalized spacial score (nSPS) is 14.9. The van der Waals surface area contributed by atoms with Gasteiger partial charge in [-0.15, -0.1) is 0 Å². The minimum absolute atomic E-state index is 0.0119. The second-order valence-corrected chi connectivity index (χ2v) is 13.9. The first-order valence-electron chi connectivity index (χ1n) is 14.9. The molecule has 4 amide bonds. The van der Waals surface area contributed by atoms with E-state index in [1.54, 1.807) is 18.2 Å². The van der Waals surface area contributed by atoms with Crippen LogP contribution in [0.3, 0.4) is 0 Å². The van der Waals surface area contributed by atoms with Crippen molar-refractivity contribution in [1.82, 2.24) is 15.5 Å². The summed E-state index contributed by atoms with van der Waals surface area (Å²) in [6, 6.07) is 9.79. The third-order valence-electron chi connectivity index (χ3n) is 7.84. The summed E-state index contributed by atoms with van der Waals surface area (Å²) < 4.78 is 78.9. The number of ketones is 1. The van der Waals surface area contributed by atoms with Crippen LogP contribution >= 0.6 is 23.2 Å². The van der Waals surface area contributed by atoms with E-state index in [-0.39, 0.29) is 42.0 Å². The second-order valence-electron chi connectivity index (χ2n) is 11.2. The first-order valence-corrected chi connectivity index (χ1v) is 17.2. The van der Waals surface area contributed by atoms with Crippen LogP contribution in [0.15, 0.2) is 65.6 Å². The molecule has 1 aliphatic heterocycles. The van der Waals surface area contributed by atoms with Crippen molar-refractivity contribution in [2.75, 3.05) is 11.9 Å². The molecule has 3 aromatic carbocycles.